The Morgan fingerprint density at radius 3 is 2.48 bits per heavy atom. The average Bonchev–Trinajstić information content (AvgIpc) is 3.19. The van der Waals surface area contributed by atoms with Gasteiger partial charge < -0.3 is 19.3 Å². The SMILES string of the molecule is CC(C)(C)OC(=O)N1CCN(c2nc3c(Br)ccc(OCc4ccccc4)c3s2)CC1. The van der Waals surface area contributed by atoms with E-state index in [-0.39, 0.29) is 6.09 Å². The van der Waals surface area contributed by atoms with Gasteiger partial charge in [0, 0.05) is 30.7 Å². The van der Waals surface area contributed by atoms with Gasteiger partial charge in [-0.25, -0.2) is 9.78 Å². The predicted octanol–water partition coefficient (Wildman–Crippen LogP) is 5.69. The summed E-state index contributed by atoms with van der Waals surface area (Å²) in [7, 11) is 0. The molecule has 0 aliphatic carbocycles. The monoisotopic (exact) mass is 503 g/mol. The van der Waals surface area contributed by atoms with Gasteiger partial charge in [0.2, 0.25) is 0 Å². The zero-order chi connectivity index (χ0) is 22.0. The number of rotatable bonds is 4. The zero-order valence-corrected chi connectivity index (χ0v) is 20.3. The van der Waals surface area contributed by atoms with E-state index in [1.165, 1.54) is 0 Å². The Kier molecular flexibility index (Phi) is 6.39. The van der Waals surface area contributed by atoms with Gasteiger partial charge in [0.05, 0.1) is 4.70 Å². The van der Waals surface area contributed by atoms with Gasteiger partial charge in [0.15, 0.2) is 5.13 Å². The third kappa shape index (κ3) is 5.30. The summed E-state index contributed by atoms with van der Waals surface area (Å²) >= 11 is 5.25. The number of fused-ring (bicyclic) bond motifs is 1. The Morgan fingerprint density at radius 1 is 1.10 bits per heavy atom. The topological polar surface area (TPSA) is 54.9 Å². The minimum absolute atomic E-state index is 0.254. The largest absolute Gasteiger partial charge is 0.487 e. The lowest BCUT2D eigenvalue weighted by Gasteiger charge is -2.35. The summed E-state index contributed by atoms with van der Waals surface area (Å²) < 4.78 is 13.6. The van der Waals surface area contributed by atoms with E-state index in [1.807, 2.05) is 51.1 Å². The van der Waals surface area contributed by atoms with Crippen LogP contribution in [0.15, 0.2) is 46.9 Å². The molecule has 164 valence electrons. The van der Waals surface area contributed by atoms with Crippen LogP contribution in [0.1, 0.15) is 26.3 Å². The van der Waals surface area contributed by atoms with Crippen molar-refractivity contribution in [2.24, 2.45) is 0 Å². The number of piperazine rings is 1. The molecular formula is C23H26BrN3O3S. The number of halogens is 1. The number of amides is 1. The molecular weight excluding hydrogens is 478 g/mol. The normalized spacial score (nSPS) is 14.7. The number of hydrogen-bond donors (Lipinski definition) is 0. The average molecular weight is 504 g/mol. The molecule has 0 saturated carbocycles. The van der Waals surface area contributed by atoms with Crippen molar-refractivity contribution in [3.05, 3.63) is 52.5 Å². The van der Waals surface area contributed by atoms with Gasteiger partial charge in [-0.3, -0.25) is 0 Å². The Morgan fingerprint density at radius 2 is 1.81 bits per heavy atom. The van der Waals surface area contributed by atoms with E-state index in [0.29, 0.717) is 19.7 Å². The number of hydrogen-bond acceptors (Lipinski definition) is 6. The molecule has 8 heteroatoms. The van der Waals surface area contributed by atoms with Crippen molar-refractivity contribution in [3.8, 4) is 5.75 Å². The van der Waals surface area contributed by atoms with E-state index in [9.17, 15) is 4.79 Å². The van der Waals surface area contributed by atoms with Gasteiger partial charge in [-0.05, 0) is 54.4 Å². The molecule has 31 heavy (non-hydrogen) atoms. The molecule has 0 radical (unpaired) electrons. The van der Waals surface area contributed by atoms with Gasteiger partial charge in [0.25, 0.3) is 0 Å². The number of carbonyl (C=O) groups is 1. The maximum absolute atomic E-state index is 12.3. The summed E-state index contributed by atoms with van der Waals surface area (Å²) in [5.74, 6) is 0.832. The number of benzene rings is 2. The summed E-state index contributed by atoms with van der Waals surface area (Å²) in [4.78, 5) is 21.2. The Bertz CT molecular complexity index is 1060. The van der Waals surface area contributed by atoms with Crippen LogP contribution in [0.4, 0.5) is 9.93 Å². The molecule has 4 rings (SSSR count). The smallest absolute Gasteiger partial charge is 0.410 e. The van der Waals surface area contributed by atoms with E-state index in [1.54, 1.807) is 16.2 Å². The fourth-order valence-corrected chi connectivity index (χ4v) is 4.99. The highest BCUT2D eigenvalue weighted by Crippen LogP contribution is 2.39. The number of thiazole rings is 1. The molecule has 0 unspecified atom stereocenters. The molecule has 1 aliphatic heterocycles. The molecule has 1 amide bonds. The second-order valence-corrected chi connectivity index (χ2v) is 10.3. The molecule has 2 aromatic carbocycles. The molecule has 2 heterocycles. The van der Waals surface area contributed by atoms with Gasteiger partial charge >= 0.3 is 6.09 Å². The third-order valence-electron chi connectivity index (χ3n) is 4.89. The zero-order valence-electron chi connectivity index (χ0n) is 17.9. The first-order chi connectivity index (χ1) is 14.8. The Balaban J connectivity index is 1.47. The fraction of sp³-hybridized carbons (Fsp3) is 0.391. The van der Waals surface area contributed by atoms with Crippen molar-refractivity contribution < 1.29 is 14.3 Å². The number of anilines is 1. The first-order valence-electron chi connectivity index (χ1n) is 10.3. The minimum atomic E-state index is -0.482. The van der Waals surface area contributed by atoms with Crippen molar-refractivity contribution in [2.45, 2.75) is 33.0 Å². The summed E-state index contributed by atoms with van der Waals surface area (Å²) in [6, 6.07) is 14.1. The highest BCUT2D eigenvalue weighted by atomic mass is 79.9. The van der Waals surface area contributed by atoms with Crippen LogP contribution in [0.2, 0.25) is 0 Å². The van der Waals surface area contributed by atoms with Crippen LogP contribution in [0, 0.1) is 0 Å². The van der Waals surface area contributed by atoms with Crippen LogP contribution in [0.3, 0.4) is 0 Å². The molecule has 1 aliphatic rings. The summed E-state index contributed by atoms with van der Waals surface area (Å²) in [5, 5.41) is 0.940. The van der Waals surface area contributed by atoms with E-state index in [4.69, 9.17) is 14.5 Å². The predicted molar refractivity (Wildman–Crippen MR) is 128 cm³/mol. The Labute approximate surface area is 194 Å². The van der Waals surface area contributed by atoms with Crippen molar-refractivity contribution in [1.82, 2.24) is 9.88 Å². The first-order valence-corrected chi connectivity index (χ1v) is 11.9. The number of nitrogens with zero attached hydrogens (tertiary/aromatic N) is 3. The van der Waals surface area contributed by atoms with Crippen LogP contribution in [-0.2, 0) is 11.3 Å². The molecule has 0 bridgehead atoms. The molecule has 1 saturated heterocycles. The van der Waals surface area contributed by atoms with E-state index in [0.717, 1.165) is 44.2 Å². The summed E-state index contributed by atoms with van der Waals surface area (Å²) in [6.45, 7) is 8.84. The van der Waals surface area contributed by atoms with Gasteiger partial charge in [-0.1, -0.05) is 41.7 Å². The van der Waals surface area contributed by atoms with Crippen molar-refractivity contribution in [1.29, 1.82) is 0 Å². The van der Waals surface area contributed by atoms with Crippen molar-refractivity contribution in [2.75, 3.05) is 31.1 Å². The van der Waals surface area contributed by atoms with E-state index >= 15 is 0 Å². The fourth-order valence-electron chi connectivity index (χ4n) is 3.33. The van der Waals surface area contributed by atoms with Crippen molar-refractivity contribution in [3.63, 3.8) is 0 Å². The number of ether oxygens (including phenoxy) is 2. The van der Waals surface area contributed by atoms with Gasteiger partial charge in [-0.2, -0.15) is 0 Å². The first kappa shape index (κ1) is 21.9. The van der Waals surface area contributed by atoms with Crippen LogP contribution < -0.4 is 9.64 Å². The maximum atomic E-state index is 12.3. The van der Waals surface area contributed by atoms with E-state index < -0.39 is 5.60 Å². The lowest BCUT2D eigenvalue weighted by molar-refractivity contribution is 0.0240. The van der Waals surface area contributed by atoms with Crippen LogP contribution in [0.25, 0.3) is 10.2 Å². The van der Waals surface area contributed by atoms with Gasteiger partial charge in [0.1, 0.15) is 23.5 Å². The molecule has 0 spiro atoms. The summed E-state index contributed by atoms with van der Waals surface area (Å²) in [6.07, 6.45) is -0.254. The summed E-state index contributed by atoms with van der Waals surface area (Å²) in [5.41, 5.74) is 1.55. The molecule has 1 fully saturated rings. The number of carbonyl (C=O) groups excluding carboxylic acids is 1. The number of aromatic nitrogens is 1. The van der Waals surface area contributed by atoms with E-state index in [2.05, 4.69) is 33.0 Å². The minimum Gasteiger partial charge on any atom is -0.487 e. The molecule has 0 atom stereocenters. The third-order valence-corrected chi connectivity index (χ3v) is 6.66. The standard InChI is InChI=1S/C23H26BrN3O3S/c1-23(2,3)30-22(28)27-13-11-26(12-14-27)21-25-19-17(24)9-10-18(20(19)31-21)29-15-16-7-5-4-6-8-16/h4-10H,11-15H2,1-3H3. The van der Waals surface area contributed by atoms with Crippen LogP contribution in [-0.4, -0.2) is 47.8 Å². The van der Waals surface area contributed by atoms with Crippen LogP contribution >= 0.6 is 27.3 Å². The Hall–Kier alpha value is -2.32. The second kappa shape index (κ2) is 9.04. The quantitative estimate of drug-likeness (QED) is 0.457. The van der Waals surface area contributed by atoms with Gasteiger partial charge in [-0.15, -0.1) is 0 Å². The molecule has 3 aromatic rings. The molecule has 6 nitrogen and oxygen atoms in total. The maximum Gasteiger partial charge on any atom is 0.410 e. The highest BCUT2D eigenvalue weighted by Gasteiger charge is 2.27. The molecule has 1 aromatic heterocycles. The van der Waals surface area contributed by atoms with Crippen molar-refractivity contribution >= 4 is 48.7 Å². The highest BCUT2D eigenvalue weighted by molar-refractivity contribution is 9.10. The van der Waals surface area contributed by atoms with Crippen LogP contribution in [0.5, 0.6) is 5.75 Å². The molecule has 0 N–H and O–H groups in total. The second-order valence-electron chi connectivity index (χ2n) is 8.45. The lowest BCUT2D eigenvalue weighted by atomic mass is 10.2. The lowest BCUT2D eigenvalue weighted by Crippen LogP contribution is -2.50.